The summed E-state index contributed by atoms with van der Waals surface area (Å²) in [4.78, 5) is 0. The maximum absolute atomic E-state index is 10.1. The number of rotatable bonds is 2. The van der Waals surface area contributed by atoms with Crippen molar-refractivity contribution in [3.8, 4) is 17.3 Å². The first-order valence-electron chi connectivity index (χ1n) is 11.9. The molecular formula is C31H31N2Se+. The van der Waals surface area contributed by atoms with Crippen molar-refractivity contribution < 1.29 is 4.57 Å². The van der Waals surface area contributed by atoms with Crippen LogP contribution in [0.3, 0.4) is 0 Å². The first-order chi connectivity index (χ1) is 16.1. The summed E-state index contributed by atoms with van der Waals surface area (Å²) in [6.45, 7) is 13.5. The van der Waals surface area contributed by atoms with Gasteiger partial charge in [-0.05, 0) is 0 Å². The SMILES string of the molecule is Cc1cc(C)c(C)c(-c2c3[se]c4c5ccc(CC(C)(C)C)cc5ccc4c3c(C#N)c[n+]2C)c1. The Labute approximate surface area is 208 Å². The Morgan fingerprint density at radius 1 is 0.941 bits per heavy atom. The molecule has 0 amide bonds. The van der Waals surface area contributed by atoms with Crippen molar-refractivity contribution in [3.05, 3.63) is 76.5 Å². The van der Waals surface area contributed by atoms with Crippen LogP contribution in [0.2, 0.25) is 0 Å². The van der Waals surface area contributed by atoms with Crippen LogP contribution in [-0.2, 0) is 13.5 Å². The first kappa shape index (κ1) is 22.9. The predicted octanol–water partition coefficient (Wildman–Crippen LogP) is 7.08. The minimum absolute atomic E-state index is 0.125. The van der Waals surface area contributed by atoms with Gasteiger partial charge in [0.15, 0.2) is 0 Å². The van der Waals surface area contributed by atoms with Crippen LogP contribution in [0.1, 0.15) is 48.6 Å². The number of pyridine rings is 1. The zero-order valence-electron chi connectivity index (χ0n) is 21.1. The molecule has 0 N–H and O–H groups in total. The fourth-order valence-electron chi connectivity index (χ4n) is 5.26. The Morgan fingerprint density at radius 2 is 1.68 bits per heavy atom. The molecule has 0 unspecified atom stereocenters. The van der Waals surface area contributed by atoms with E-state index in [2.05, 4.69) is 102 Å². The van der Waals surface area contributed by atoms with E-state index in [4.69, 9.17) is 0 Å². The van der Waals surface area contributed by atoms with Crippen LogP contribution in [-0.4, -0.2) is 14.5 Å². The number of hydrogen-bond donors (Lipinski definition) is 0. The molecule has 0 radical (unpaired) electrons. The third-order valence-electron chi connectivity index (χ3n) is 6.82. The Kier molecular flexibility index (Phi) is 5.44. The monoisotopic (exact) mass is 511 g/mol. The first-order valence-corrected chi connectivity index (χ1v) is 13.6. The molecule has 0 aliphatic carbocycles. The zero-order valence-corrected chi connectivity index (χ0v) is 22.8. The average molecular weight is 511 g/mol. The number of benzene rings is 3. The van der Waals surface area contributed by atoms with Crippen LogP contribution in [0.15, 0.2) is 48.7 Å². The van der Waals surface area contributed by atoms with E-state index in [1.165, 1.54) is 58.2 Å². The van der Waals surface area contributed by atoms with Gasteiger partial charge in [0.25, 0.3) is 0 Å². The molecule has 2 aromatic heterocycles. The van der Waals surface area contributed by atoms with Crippen molar-refractivity contribution in [2.24, 2.45) is 12.5 Å². The van der Waals surface area contributed by atoms with Crippen LogP contribution in [0.25, 0.3) is 41.3 Å². The number of aromatic nitrogens is 1. The topological polar surface area (TPSA) is 27.7 Å². The summed E-state index contributed by atoms with van der Waals surface area (Å²) in [5, 5.41) is 15.1. The molecule has 3 aromatic carbocycles. The molecule has 0 aliphatic rings. The van der Waals surface area contributed by atoms with Gasteiger partial charge in [-0.2, -0.15) is 0 Å². The summed E-state index contributed by atoms with van der Waals surface area (Å²) >= 11 is 0.125. The molecule has 5 aromatic rings. The van der Waals surface area contributed by atoms with Gasteiger partial charge >= 0.3 is 209 Å². The quantitative estimate of drug-likeness (QED) is 0.184. The molecule has 2 heterocycles. The molecule has 2 nitrogen and oxygen atoms in total. The van der Waals surface area contributed by atoms with Crippen molar-refractivity contribution in [2.75, 3.05) is 0 Å². The second-order valence-electron chi connectivity index (χ2n) is 10.9. The molecule has 0 saturated heterocycles. The molecule has 0 fully saturated rings. The fraction of sp³-hybridized carbons (Fsp3) is 0.290. The van der Waals surface area contributed by atoms with E-state index < -0.39 is 0 Å². The Morgan fingerprint density at radius 3 is 2.38 bits per heavy atom. The molecule has 0 atom stereocenters. The van der Waals surface area contributed by atoms with E-state index in [9.17, 15) is 5.26 Å². The normalized spacial score (nSPS) is 12.1. The van der Waals surface area contributed by atoms with Gasteiger partial charge in [-0.15, -0.1) is 0 Å². The second kappa shape index (κ2) is 8.09. The third-order valence-corrected chi connectivity index (χ3v) is 9.43. The molecule has 5 rings (SSSR count). The van der Waals surface area contributed by atoms with Gasteiger partial charge in [0.1, 0.15) is 0 Å². The number of aryl methyl sites for hydroxylation is 3. The molecule has 0 spiro atoms. The Balaban J connectivity index is 1.87. The van der Waals surface area contributed by atoms with Gasteiger partial charge in [-0.25, -0.2) is 0 Å². The summed E-state index contributed by atoms with van der Waals surface area (Å²) in [6.07, 6.45) is 3.09. The van der Waals surface area contributed by atoms with E-state index in [1.54, 1.807) is 0 Å². The number of nitriles is 1. The van der Waals surface area contributed by atoms with E-state index in [-0.39, 0.29) is 19.9 Å². The van der Waals surface area contributed by atoms with Gasteiger partial charge < -0.3 is 0 Å². The Bertz CT molecular complexity index is 1660. The molecule has 0 aliphatic heterocycles. The molecule has 0 saturated carbocycles. The summed E-state index contributed by atoms with van der Waals surface area (Å²) < 4.78 is 4.92. The van der Waals surface area contributed by atoms with Gasteiger partial charge in [0, 0.05) is 0 Å². The molecular weight excluding hydrogens is 479 g/mol. The van der Waals surface area contributed by atoms with Crippen LogP contribution in [0.5, 0.6) is 0 Å². The fourth-order valence-corrected chi connectivity index (χ4v) is 8.30. The van der Waals surface area contributed by atoms with Crippen molar-refractivity contribution in [1.29, 1.82) is 5.26 Å². The van der Waals surface area contributed by atoms with Crippen molar-refractivity contribution in [1.82, 2.24) is 0 Å². The Hall–Kier alpha value is -2.92. The van der Waals surface area contributed by atoms with Crippen LogP contribution in [0.4, 0.5) is 0 Å². The van der Waals surface area contributed by atoms with E-state index in [0.29, 0.717) is 0 Å². The summed E-state index contributed by atoms with van der Waals surface area (Å²) in [6, 6.07) is 18.5. The van der Waals surface area contributed by atoms with Gasteiger partial charge in [-0.1, -0.05) is 0 Å². The van der Waals surface area contributed by atoms with E-state index >= 15 is 0 Å². The zero-order chi connectivity index (χ0) is 24.4. The maximum atomic E-state index is 10.1. The van der Waals surface area contributed by atoms with Crippen molar-refractivity contribution in [3.63, 3.8) is 0 Å². The molecule has 3 heteroatoms. The second-order valence-corrected chi connectivity index (χ2v) is 13.1. The standard InChI is InChI=1S/C31H31N2Se/c1-18-12-19(2)20(3)26(13-18)28-30-27(23(16-32)17-33(28)7)25-11-9-22-14-21(15-31(4,5)6)8-10-24(22)29(25)34-30/h8-14,17H,15H2,1-7H3/q+1. The van der Waals surface area contributed by atoms with Crippen molar-refractivity contribution >= 4 is 44.6 Å². The van der Waals surface area contributed by atoms with E-state index in [1.807, 2.05) is 6.20 Å². The van der Waals surface area contributed by atoms with Gasteiger partial charge in [0.2, 0.25) is 0 Å². The summed E-state index contributed by atoms with van der Waals surface area (Å²) in [7, 11) is 2.09. The minimum atomic E-state index is 0.125. The molecule has 170 valence electrons. The predicted molar refractivity (Wildman–Crippen MR) is 145 cm³/mol. The third kappa shape index (κ3) is 3.76. The van der Waals surface area contributed by atoms with Crippen LogP contribution >= 0.6 is 0 Å². The van der Waals surface area contributed by atoms with Crippen molar-refractivity contribution in [2.45, 2.75) is 48.0 Å². The number of fused-ring (bicyclic) bond motifs is 5. The summed E-state index contributed by atoms with van der Waals surface area (Å²) in [5.74, 6) is 0. The molecule has 0 bridgehead atoms. The van der Waals surface area contributed by atoms with Crippen LogP contribution < -0.4 is 4.57 Å². The number of hydrogen-bond acceptors (Lipinski definition) is 1. The number of nitrogens with zero attached hydrogens (tertiary/aromatic N) is 2. The van der Waals surface area contributed by atoms with Gasteiger partial charge in [0.05, 0.1) is 0 Å². The van der Waals surface area contributed by atoms with E-state index in [0.717, 1.165) is 17.4 Å². The summed E-state index contributed by atoms with van der Waals surface area (Å²) in [5.41, 5.74) is 8.87. The average Bonchev–Trinajstić information content (AvgIpc) is 3.14. The molecule has 34 heavy (non-hydrogen) atoms. The van der Waals surface area contributed by atoms with Crippen LogP contribution in [0, 0.1) is 37.5 Å². The van der Waals surface area contributed by atoms with Gasteiger partial charge in [-0.3, -0.25) is 0 Å².